The van der Waals surface area contributed by atoms with Crippen LogP contribution < -0.4 is 9.73 Å². The molecule has 184 valence electrons. The Morgan fingerprint density at radius 2 is 1.67 bits per heavy atom. The number of nitrogens with one attached hydrogen (secondary N) is 1. The standard InChI is InChI=1S/C27H25BrN4O3S/c1-19-16-22(20(2)32(19)25-9-7-8-23(28)17-25)18-29-30-27(33)21-12-14-24(15-13-21)31(3)36(34,35)26-10-5-4-6-11-26/h4-18H,1-3H3,(H,30,33)/b29-18-. The van der Waals surface area contributed by atoms with Crippen LogP contribution >= 0.6 is 15.9 Å². The third-order valence-corrected chi connectivity index (χ3v) is 8.09. The van der Waals surface area contributed by atoms with Crippen molar-refractivity contribution in [3.05, 3.63) is 112 Å². The first-order valence-electron chi connectivity index (χ1n) is 11.1. The molecule has 1 aromatic heterocycles. The Kier molecular flexibility index (Phi) is 7.42. The summed E-state index contributed by atoms with van der Waals surface area (Å²) < 4.78 is 29.9. The predicted molar refractivity (Wildman–Crippen MR) is 146 cm³/mol. The van der Waals surface area contributed by atoms with Crippen molar-refractivity contribution in [1.29, 1.82) is 0 Å². The van der Waals surface area contributed by atoms with Gasteiger partial charge in [0, 0.05) is 39.7 Å². The van der Waals surface area contributed by atoms with E-state index in [-0.39, 0.29) is 4.90 Å². The van der Waals surface area contributed by atoms with Crippen molar-refractivity contribution < 1.29 is 13.2 Å². The summed E-state index contributed by atoms with van der Waals surface area (Å²) in [5, 5.41) is 4.13. The fraction of sp³-hybridized carbons (Fsp3) is 0.111. The molecule has 0 saturated heterocycles. The molecule has 9 heteroatoms. The Labute approximate surface area is 219 Å². The lowest BCUT2D eigenvalue weighted by Crippen LogP contribution is -2.26. The van der Waals surface area contributed by atoms with Gasteiger partial charge >= 0.3 is 0 Å². The highest BCUT2D eigenvalue weighted by Crippen LogP contribution is 2.23. The molecule has 0 aliphatic carbocycles. The zero-order valence-corrected chi connectivity index (χ0v) is 22.4. The van der Waals surface area contributed by atoms with Gasteiger partial charge in [-0.2, -0.15) is 5.10 Å². The number of carbonyl (C=O) groups excluding carboxylic acids is 1. The SMILES string of the molecule is Cc1cc(/C=N\NC(=O)c2ccc(N(C)S(=O)(=O)c3ccccc3)cc2)c(C)n1-c1cccc(Br)c1. The molecule has 0 radical (unpaired) electrons. The number of hydrogen-bond acceptors (Lipinski definition) is 4. The van der Waals surface area contributed by atoms with Gasteiger partial charge in [0.15, 0.2) is 0 Å². The molecule has 1 heterocycles. The number of hydrogen-bond donors (Lipinski definition) is 1. The van der Waals surface area contributed by atoms with Crippen LogP contribution in [0.5, 0.6) is 0 Å². The van der Waals surface area contributed by atoms with Crippen LogP contribution in [0.1, 0.15) is 27.3 Å². The van der Waals surface area contributed by atoms with E-state index in [1.165, 1.54) is 11.4 Å². The number of sulfonamides is 1. The molecule has 3 aromatic carbocycles. The summed E-state index contributed by atoms with van der Waals surface area (Å²) in [6, 6.07) is 24.5. The molecule has 0 fully saturated rings. The van der Waals surface area contributed by atoms with Crippen molar-refractivity contribution in [3.63, 3.8) is 0 Å². The number of anilines is 1. The highest BCUT2D eigenvalue weighted by molar-refractivity contribution is 9.10. The van der Waals surface area contributed by atoms with Gasteiger partial charge in [0.05, 0.1) is 16.8 Å². The normalized spacial score (nSPS) is 11.6. The zero-order chi connectivity index (χ0) is 25.9. The summed E-state index contributed by atoms with van der Waals surface area (Å²) in [5.41, 5.74) is 7.30. The summed E-state index contributed by atoms with van der Waals surface area (Å²) in [7, 11) is -2.22. The van der Waals surface area contributed by atoms with Crippen LogP contribution in [-0.2, 0) is 10.0 Å². The molecule has 0 spiro atoms. The maximum Gasteiger partial charge on any atom is 0.271 e. The van der Waals surface area contributed by atoms with Gasteiger partial charge in [-0.05, 0) is 74.5 Å². The third kappa shape index (κ3) is 5.27. The lowest BCUT2D eigenvalue weighted by Gasteiger charge is -2.19. The van der Waals surface area contributed by atoms with Crippen LogP contribution in [0.25, 0.3) is 5.69 Å². The van der Waals surface area contributed by atoms with Gasteiger partial charge in [-0.15, -0.1) is 0 Å². The van der Waals surface area contributed by atoms with E-state index in [0.29, 0.717) is 11.3 Å². The summed E-state index contributed by atoms with van der Waals surface area (Å²) in [5.74, 6) is -0.396. The molecule has 0 bridgehead atoms. The van der Waals surface area contributed by atoms with Crippen molar-refractivity contribution in [2.24, 2.45) is 5.10 Å². The Balaban J connectivity index is 1.45. The van der Waals surface area contributed by atoms with Gasteiger partial charge < -0.3 is 4.57 Å². The van der Waals surface area contributed by atoms with Gasteiger partial charge in [0.2, 0.25) is 0 Å². The lowest BCUT2D eigenvalue weighted by molar-refractivity contribution is 0.0955. The predicted octanol–water partition coefficient (Wildman–Crippen LogP) is 5.45. The highest BCUT2D eigenvalue weighted by atomic mass is 79.9. The van der Waals surface area contributed by atoms with Crippen molar-refractivity contribution in [2.75, 3.05) is 11.4 Å². The average molecular weight is 565 g/mol. The second-order valence-electron chi connectivity index (χ2n) is 8.17. The van der Waals surface area contributed by atoms with Crippen molar-refractivity contribution in [3.8, 4) is 5.69 Å². The lowest BCUT2D eigenvalue weighted by atomic mass is 10.2. The monoisotopic (exact) mass is 564 g/mol. The van der Waals surface area contributed by atoms with Gasteiger partial charge in [-0.1, -0.05) is 40.2 Å². The van der Waals surface area contributed by atoms with Crippen LogP contribution in [0.3, 0.4) is 0 Å². The van der Waals surface area contributed by atoms with E-state index in [1.54, 1.807) is 60.8 Å². The summed E-state index contributed by atoms with van der Waals surface area (Å²) in [6.07, 6.45) is 1.61. The second kappa shape index (κ2) is 10.5. The van der Waals surface area contributed by atoms with Crippen molar-refractivity contribution >= 4 is 43.8 Å². The van der Waals surface area contributed by atoms with Gasteiger partial charge in [0.1, 0.15) is 0 Å². The molecule has 1 amide bonds. The van der Waals surface area contributed by atoms with Crippen LogP contribution in [0.15, 0.2) is 99.4 Å². The number of rotatable bonds is 7. The van der Waals surface area contributed by atoms with Crippen LogP contribution in [0, 0.1) is 13.8 Å². The Hall–Kier alpha value is -3.69. The zero-order valence-electron chi connectivity index (χ0n) is 20.0. The van der Waals surface area contributed by atoms with Crippen LogP contribution in [0.2, 0.25) is 0 Å². The Morgan fingerprint density at radius 1 is 0.972 bits per heavy atom. The molecule has 0 unspecified atom stereocenters. The van der Waals surface area contributed by atoms with E-state index < -0.39 is 15.9 Å². The van der Waals surface area contributed by atoms with Crippen LogP contribution in [-0.4, -0.2) is 32.2 Å². The van der Waals surface area contributed by atoms with Gasteiger partial charge in [-0.3, -0.25) is 9.10 Å². The third-order valence-electron chi connectivity index (χ3n) is 5.80. The van der Waals surface area contributed by atoms with E-state index in [4.69, 9.17) is 0 Å². The Morgan fingerprint density at radius 3 is 2.33 bits per heavy atom. The smallest absolute Gasteiger partial charge is 0.271 e. The molecule has 36 heavy (non-hydrogen) atoms. The molecule has 0 aliphatic rings. The number of benzene rings is 3. The largest absolute Gasteiger partial charge is 0.318 e. The molecule has 4 aromatic rings. The highest BCUT2D eigenvalue weighted by Gasteiger charge is 2.21. The number of carbonyl (C=O) groups is 1. The minimum atomic E-state index is -3.69. The molecule has 0 atom stereocenters. The minimum absolute atomic E-state index is 0.197. The number of hydrazone groups is 1. The van der Waals surface area contributed by atoms with Crippen molar-refractivity contribution in [2.45, 2.75) is 18.7 Å². The van der Waals surface area contributed by atoms with Gasteiger partial charge in [-0.25, -0.2) is 13.8 Å². The second-order valence-corrected chi connectivity index (χ2v) is 11.1. The van der Waals surface area contributed by atoms with E-state index in [9.17, 15) is 13.2 Å². The number of aryl methyl sites for hydroxylation is 1. The van der Waals surface area contributed by atoms with E-state index in [0.717, 1.165) is 27.1 Å². The van der Waals surface area contributed by atoms with E-state index in [1.807, 2.05) is 44.2 Å². The van der Waals surface area contributed by atoms with Crippen molar-refractivity contribution in [1.82, 2.24) is 9.99 Å². The molecular formula is C27H25BrN4O3S. The topological polar surface area (TPSA) is 83.8 Å². The molecule has 7 nitrogen and oxygen atoms in total. The first-order valence-corrected chi connectivity index (χ1v) is 13.3. The minimum Gasteiger partial charge on any atom is -0.318 e. The quantitative estimate of drug-likeness (QED) is 0.239. The number of nitrogens with zero attached hydrogens (tertiary/aromatic N) is 3. The summed E-state index contributed by atoms with van der Waals surface area (Å²) in [6.45, 7) is 4.01. The van der Waals surface area contributed by atoms with Gasteiger partial charge in [0.25, 0.3) is 15.9 Å². The number of aromatic nitrogens is 1. The molecule has 1 N–H and O–H groups in total. The fourth-order valence-electron chi connectivity index (χ4n) is 3.87. The number of halogens is 1. The first-order chi connectivity index (χ1) is 17.2. The molecule has 4 rings (SSSR count). The molecule has 0 aliphatic heterocycles. The molecule has 0 saturated carbocycles. The first kappa shape index (κ1) is 25.4. The van der Waals surface area contributed by atoms with E-state index in [2.05, 4.69) is 31.0 Å². The summed E-state index contributed by atoms with van der Waals surface area (Å²) in [4.78, 5) is 12.8. The Bertz CT molecular complexity index is 1530. The van der Waals surface area contributed by atoms with E-state index >= 15 is 0 Å². The number of amides is 1. The fourth-order valence-corrected chi connectivity index (χ4v) is 5.47. The average Bonchev–Trinajstić information content (AvgIpc) is 3.16. The maximum absolute atomic E-state index is 12.8. The summed E-state index contributed by atoms with van der Waals surface area (Å²) >= 11 is 3.51. The van der Waals surface area contributed by atoms with Crippen LogP contribution in [0.4, 0.5) is 5.69 Å². The molecular weight excluding hydrogens is 540 g/mol. The maximum atomic E-state index is 12.8.